The molecule has 196 valence electrons. The van der Waals surface area contributed by atoms with Gasteiger partial charge in [-0.05, 0) is 75.0 Å². The molecule has 0 unspecified atom stereocenters. The zero-order valence-electron chi connectivity index (χ0n) is 20.5. The Hall–Kier alpha value is -2.85. The number of nitrogens with one attached hydrogen (secondary N) is 1. The van der Waals surface area contributed by atoms with Crippen LogP contribution in [0.2, 0.25) is 0 Å². The second-order valence-corrected chi connectivity index (χ2v) is 12.9. The Bertz CT molecular complexity index is 1480. The Morgan fingerprint density at radius 1 is 1.05 bits per heavy atom. The summed E-state index contributed by atoms with van der Waals surface area (Å²) >= 11 is 0. The molecule has 3 fully saturated rings. The number of aromatic nitrogens is 2. The van der Waals surface area contributed by atoms with Crippen LogP contribution in [-0.2, 0) is 22.0 Å². The summed E-state index contributed by atoms with van der Waals surface area (Å²) in [6, 6.07) is 10.9. The molecule has 3 aromatic rings. The average molecular weight is 530 g/mol. The molecule has 1 aromatic heterocycles. The lowest BCUT2D eigenvalue weighted by molar-refractivity contribution is 0.123. The van der Waals surface area contributed by atoms with E-state index in [0.717, 1.165) is 25.0 Å². The maximum atomic E-state index is 15.7. The van der Waals surface area contributed by atoms with E-state index in [1.165, 1.54) is 4.31 Å². The fourth-order valence-corrected chi connectivity index (χ4v) is 8.46. The van der Waals surface area contributed by atoms with Crippen molar-refractivity contribution in [3.8, 4) is 0 Å². The summed E-state index contributed by atoms with van der Waals surface area (Å²) in [5.41, 5.74) is -0.252. The molecule has 3 aliphatic rings. The largest absolute Gasteiger partial charge is 0.434 e. The van der Waals surface area contributed by atoms with Crippen LogP contribution in [0.4, 0.5) is 8.78 Å². The second-order valence-electron chi connectivity index (χ2n) is 10.8. The number of nitrogens with zero attached hydrogens (tertiary/aromatic N) is 2. The van der Waals surface area contributed by atoms with Crippen LogP contribution in [0.15, 0.2) is 51.7 Å². The zero-order valence-corrected chi connectivity index (χ0v) is 21.3. The number of hydrogen-bond acceptors (Lipinski definition) is 5. The highest BCUT2D eigenvalue weighted by molar-refractivity contribution is 7.89. The fourth-order valence-electron chi connectivity index (χ4n) is 6.28. The summed E-state index contributed by atoms with van der Waals surface area (Å²) in [7, 11) is -3.80. The summed E-state index contributed by atoms with van der Waals surface area (Å²) in [5.74, 6) is -1.10. The number of rotatable bonds is 6. The third-order valence-electron chi connectivity index (χ3n) is 8.53. The van der Waals surface area contributed by atoms with Crippen molar-refractivity contribution in [3.05, 3.63) is 87.2 Å². The molecule has 2 aromatic carbocycles. The van der Waals surface area contributed by atoms with E-state index in [-0.39, 0.29) is 29.6 Å². The van der Waals surface area contributed by atoms with E-state index < -0.39 is 38.1 Å². The highest BCUT2D eigenvalue weighted by atomic mass is 32.2. The standard InChI is InChI=1S/C27H29F2N3O4S/c1-16-7-10-24(18-5-3-2-4-6-18)37(34,35)32(16)15-19-11-23(29)21(12-22(19)28)27(25-30-31-26(33)36-25)13-20(14-27)17-8-9-17/h2-6,11-12,16-17,20,24H,7-10,13-15H2,1H3,(H,31,33)/t16-,20?,24+,27?/m0/s1. The van der Waals surface area contributed by atoms with Crippen molar-refractivity contribution >= 4 is 10.0 Å². The maximum absolute atomic E-state index is 15.7. The number of aromatic amines is 1. The molecule has 2 atom stereocenters. The third kappa shape index (κ3) is 4.14. The second kappa shape index (κ2) is 8.87. The van der Waals surface area contributed by atoms with Gasteiger partial charge in [0.15, 0.2) is 0 Å². The Morgan fingerprint density at radius 2 is 1.78 bits per heavy atom. The molecule has 2 aliphatic carbocycles. The van der Waals surface area contributed by atoms with Gasteiger partial charge in [0.1, 0.15) is 16.9 Å². The molecule has 7 nitrogen and oxygen atoms in total. The van der Waals surface area contributed by atoms with Crippen molar-refractivity contribution in [1.29, 1.82) is 0 Å². The van der Waals surface area contributed by atoms with Crippen LogP contribution in [0, 0.1) is 23.5 Å². The minimum Gasteiger partial charge on any atom is -0.392 e. The summed E-state index contributed by atoms with van der Waals surface area (Å²) in [6.07, 6.45) is 4.38. The van der Waals surface area contributed by atoms with E-state index in [9.17, 15) is 13.2 Å². The monoisotopic (exact) mass is 529 g/mol. The highest BCUT2D eigenvalue weighted by Gasteiger charge is 2.56. The van der Waals surface area contributed by atoms with E-state index in [2.05, 4.69) is 10.2 Å². The van der Waals surface area contributed by atoms with Crippen LogP contribution in [0.25, 0.3) is 0 Å². The van der Waals surface area contributed by atoms with Crippen LogP contribution in [-0.4, -0.2) is 29.0 Å². The van der Waals surface area contributed by atoms with Gasteiger partial charge < -0.3 is 4.42 Å². The van der Waals surface area contributed by atoms with Crippen molar-refractivity contribution in [3.63, 3.8) is 0 Å². The van der Waals surface area contributed by atoms with Crippen LogP contribution in [0.5, 0.6) is 0 Å². The van der Waals surface area contributed by atoms with Gasteiger partial charge in [-0.25, -0.2) is 27.1 Å². The predicted molar refractivity (Wildman–Crippen MR) is 132 cm³/mol. The predicted octanol–water partition coefficient (Wildman–Crippen LogP) is 4.80. The van der Waals surface area contributed by atoms with E-state index >= 15 is 8.78 Å². The van der Waals surface area contributed by atoms with E-state index in [1.807, 2.05) is 6.07 Å². The molecular formula is C27H29F2N3O4S. The first-order valence-corrected chi connectivity index (χ1v) is 14.3. The van der Waals surface area contributed by atoms with Gasteiger partial charge >= 0.3 is 5.76 Å². The molecule has 10 heteroatoms. The van der Waals surface area contributed by atoms with Crippen molar-refractivity contribution < 1.29 is 21.6 Å². The van der Waals surface area contributed by atoms with E-state index in [0.29, 0.717) is 43.1 Å². The molecule has 0 radical (unpaired) electrons. The first-order chi connectivity index (χ1) is 17.7. The van der Waals surface area contributed by atoms with Crippen LogP contribution < -0.4 is 5.76 Å². The van der Waals surface area contributed by atoms with E-state index in [4.69, 9.17) is 4.42 Å². The summed E-state index contributed by atoms with van der Waals surface area (Å²) < 4.78 is 64.9. The normalized spacial score (nSPS) is 29.6. The first-order valence-electron chi connectivity index (χ1n) is 12.8. The van der Waals surface area contributed by atoms with Crippen LogP contribution >= 0.6 is 0 Å². The number of H-pyrrole nitrogens is 1. The third-order valence-corrected chi connectivity index (χ3v) is 10.9. The molecule has 0 spiro atoms. The van der Waals surface area contributed by atoms with Gasteiger partial charge in [-0.3, -0.25) is 0 Å². The van der Waals surface area contributed by atoms with Crippen molar-refractivity contribution in [1.82, 2.24) is 14.5 Å². The van der Waals surface area contributed by atoms with Crippen LogP contribution in [0.1, 0.15) is 73.3 Å². The van der Waals surface area contributed by atoms with E-state index in [1.54, 1.807) is 31.2 Å². The zero-order chi connectivity index (χ0) is 25.9. The molecule has 0 bridgehead atoms. The Morgan fingerprint density at radius 3 is 2.43 bits per heavy atom. The molecule has 2 heterocycles. The molecule has 1 aliphatic heterocycles. The average Bonchev–Trinajstić information content (AvgIpc) is 3.58. The molecule has 6 rings (SSSR count). The van der Waals surface area contributed by atoms with Gasteiger partial charge in [0.25, 0.3) is 0 Å². The minimum atomic E-state index is -3.80. The van der Waals surface area contributed by atoms with Crippen molar-refractivity contribution in [2.45, 2.75) is 68.7 Å². The molecule has 37 heavy (non-hydrogen) atoms. The molecule has 2 saturated carbocycles. The highest BCUT2D eigenvalue weighted by Crippen LogP contribution is 2.59. The van der Waals surface area contributed by atoms with Crippen molar-refractivity contribution in [2.75, 3.05) is 0 Å². The minimum absolute atomic E-state index is 0.0258. The molecular weight excluding hydrogens is 500 g/mol. The van der Waals surface area contributed by atoms with Crippen molar-refractivity contribution in [2.24, 2.45) is 11.8 Å². The molecule has 1 saturated heterocycles. The van der Waals surface area contributed by atoms with Gasteiger partial charge in [-0.1, -0.05) is 30.3 Å². The lowest BCUT2D eigenvalue weighted by Crippen LogP contribution is -2.45. The summed E-state index contributed by atoms with van der Waals surface area (Å²) in [6.45, 7) is 1.54. The topological polar surface area (TPSA) is 96.3 Å². The lowest BCUT2D eigenvalue weighted by atomic mass is 9.57. The maximum Gasteiger partial charge on any atom is 0.434 e. The fraction of sp³-hybridized carbons (Fsp3) is 0.481. The number of halogens is 2. The van der Waals surface area contributed by atoms with Gasteiger partial charge in [-0.15, -0.1) is 5.10 Å². The quantitative estimate of drug-likeness (QED) is 0.495. The molecule has 0 amide bonds. The summed E-state index contributed by atoms with van der Waals surface area (Å²) in [4.78, 5) is 11.7. The Kier molecular flexibility index (Phi) is 5.87. The SMILES string of the molecule is C[C@H]1CC[C@H](c2ccccc2)S(=O)(=O)N1Cc1cc(F)c(C2(c3n[nH]c(=O)o3)CC(C3CC3)C2)cc1F. The number of sulfonamides is 1. The molecule has 1 N–H and O–H groups in total. The van der Waals surface area contributed by atoms with Crippen LogP contribution in [0.3, 0.4) is 0 Å². The Balaban J connectivity index is 1.32. The first kappa shape index (κ1) is 24.5. The Labute approximate surface area is 213 Å². The lowest BCUT2D eigenvalue weighted by Gasteiger charge is -2.46. The van der Waals surface area contributed by atoms with Gasteiger partial charge in [0.05, 0.1) is 5.41 Å². The van der Waals surface area contributed by atoms with Gasteiger partial charge in [-0.2, -0.15) is 4.31 Å². The number of benzene rings is 2. The number of hydrogen-bond donors (Lipinski definition) is 1. The summed E-state index contributed by atoms with van der Waals surface area (Å²) in [5, 5.41) is 5.49. The van der Waals surface area contributed by atoms with Gasteiger partial charge in [0.2, 0.25) is 15.9 Å². The van der Waals surface area contributed by atoms with Gasteiger partial charge in [0, 0.05) is 23.7 Å². The smallest absolute Gasteiger partial charge is 0.392 e.